The van der Waals surface area contributed by atoms with E-state index in [1.807, 2.05) is 4.90 Å². The van der Waals surface area contributed by atoms with E-state index >= 15 is 0 Å². The van der Waals surface area contributed by atoms with Gasteiger partial charge in [0.05, 0.1) is 12.1 Å². The van der Waals surface area contributed by atoms with E-state index in [4.69, 9.17) is 11.2 Å². The third kappa shape index (κ3) is 5.52. The van der Waals surface area contributed by atoms with Crippen molar-refractivity contribution < 1.29 is 9.53 Å². The third-order valence-electron chi connectivity index (χ3n) is 3.96. The van der Waals surface area contributed by atoms with E-state index in [1.165, 1.54) is 0 Å². The molecule has 0 aromatic rings. The average molecular weight is 280 g/mol. The SMILES string of the molecule is C#CC1CCCN(C(=O)CNC(C)CC(C)(C)OC)C1. The van der Waals surface area contributed by atoms with Crippen molar-refractivity contribution in [3.05, 3.63) is 0 Å². The molecule has 1 saturated heterocycles. The van der Waals surface area contributed by atoms with Crippen molar-refractivity contribution in [1.82, 2.24) is 10.2 Å². The Morgan fingerprint density at radius 1 is 1.60 bits per heavy atom. The first-order valence-corrected chi connectivity index (χ1v) is 7.40. The molecule has 1 aliphatic rings. The molecular weight excluding hydrogens is 252 g/mol. The van der Waals surface area contributed by atoms with Gasteiger partial charge in [0.1, 0.15) is 0 Å². The summed E-state index contributed by atoms with van der Waals surface area (Å²) < 4.78 is 5.40. The van der Waals surface area contributed by atoms with Crippen molar-refractivity contribution in [1.29, 1.82) is 0 Å². The molecule has 1 heterocycles. The standard InChI is InChI=1S/C16H28N2O2/c1-6-14-8-7-9-18(12-14)15(19)11-17-13(2)10-16(3,4)20-5/h1,13-14,17H,7-12H2,2-5H3. The predicted octanol–water partition coefficient (Wildman–Crippen LogP) is 1.65. The highest BCUT2D eigenvalue weighted by Gasteiger charge is 2.24. The number of piperidine rings is 1. The van der Waals surface area contributed by atoms with Gasteiger partial charge >= 0.3 is 0 Å². The highest BCUT2D eigenvalue weighted by molar-refractivity contribution is 5.78. The Bertz CT molecular complexity index is 360. The van der Waals surface area contributed by atoms with Crippen molar-refractivity contribution in [3.8, 4) is 12.3 Å². The monoisotopic (exact) mass is 280 g/mol. The minimum absolute atomic E-state index is 0.145. The van der Waals surface area contributed by atoms with E-state index in [0.717, 1.165) is 25.8 Å². The van der Waals surface area contributed by atoms with Crippen LogP contribution in [0.25, 0.3) is 0 Å². The summed E-state index contributed by atoms with van der Waals surface area (Å²) in [7, 11) is 1.71. The maximum Gasteiger partial charge on any atom is 0.236 e. The summed E-state index contributed by atoms with van der Waals surface area (Å²) in [6.45, 7) is 8.09. The maximum absolute atomic E-state index is 12.2. The molecule has 0 bridgehead atoms. The lowest BCUT2D eigenvalue weighted by atomic mass is 9.98. The number of methoxy groups -OCH3 is 1. The number of rotatable bonds is 6. The molecule has 4 heteroatoms. The predicted molar refractivity (Wildman–Crippen MR) is 81.3 cm³/mol. The molecular formula is C16H28N2O2. The zero-order valence-electron chi connectivity index (χ0n) is 13.2. The summed E-state index contributed by atoms with van der Waals surface area (Å²) in [4.78, 5) is 14.0. The molecule has 0 aliphatic carbocycles. The van der Waals surface area contributed by atoms with Crippen LogP contribution in [0.3, 0.4) is 0 Å². The number of hydrogen-bond acceptors (Lipinski definition) is 3. The Labute approximate surface area is 123 Å². The summed E-state index contributed by atoms with van der Waals surface area (Å²) in [6, 6.07) is 0.238. The van der Waals surface area contributed by atoms with Gasteiger partial charge in [0.15, 0.2) is 0 Å². The second-order valence-electron chi connectivity index (χ2n) is 6.30. The summed E-state index contributed by atoms with van der Waals surface area (Å²) in [6.07, 6.45) is 8.36. The average Bonchev–Trinajstić information content (AvgIpc) is 2.44. The van der Waals surface area contributed by atoms with Crippen LogP contribution in [0.5, 0.6) is 0 Å². The third-order valence-corrected chi connectivity index (χ3v) is 3.96. The van der Waals surface area contributed by atoms with Crippen molar-refractivity contribution in [3.63, 3.8) is 0 Å². The van der Waals surface area contributed by atoms with Crippen LogP contribution >= 0.6 is 0 Å². The molecule has 0 saturated carbocycles. The van der Waals surface area contributed by atoms with Gasteiger partial charge in [0.2, 0.25) is 5.91 Å². The zero-order valence-corrected chi connectivity index (χ0v) is 13.2. The summed E-state index contributed by atoms with van der Waals surface area (Å²) in [5.74, 6) is 3.13. The molecule has 0 aromatic carbocycles. The van der Waals surface area contributed by atoms with Crippen LogP contribution in [0, 0.1) is 18.3 Å². The molecule has 0 radical (unpaired) electrons. The van der Waals surface area contributed by atoms with Crippen molar-refractivity contribution in [2.24, 2.45) is 5.92 Å². The molecule has 2 unspecified atom stereocenters. The summed E-state index contributed by atoms with van der Waals surface area (Å²) in [5, 5.41) is 3.28. The number of amides is 1. The Morgan fingerprint density at radius 2 is 2.30 bits per heavy atom. The molecule has 20 heavy (non-hydrogen) atoms. The second-order valence-corrected chi connectivity index (χ2v) is 6.30. The van der Waals surface area contributed by atoms with Gasteiger partial charge < -0.3 is 15.0 Å². The number of carbonyl (C=O) groups is 1. The van der Waals surface area contributed by atoms with E-state index in [9.17, 15) is 4.79 Å². The van der Waals surface area contributed by atoms with E-state index in [1.54, 1.807) is 7.11 Å². The number of nitrogens with zero attached hydrogens (tertiary/aromatic N) is 1. The largest absolute Gasteiger partial charge is 0.379 e. The zero-order chi connectivity index (χ0) is 15.2. The van der Waals surface area contributed by atoms with Crippen LogP contribution in [-0.4, -0.2) is 49.2 Å². The molecule has 0 spiro atoms. The number of carbonyl (C=O) groups excluding carboxylic acids is 1. The number of hydrogen-bond donors (Lipinski definition) is 1. The van der Waals surface area contributed by atoms with Gasteiger partial charge in [0, 0.05) is 32.2 Å². The Kier molecular flexibility index (Phi) is 6.51. The first-order valence-electron chi connectivity index (χ1n) is 7.40. The molecule has 4 nitrogen and oxygen atoms in total. The van der Waals surface area contributed by atoms with E-state index in [0.29, 0.717) is 13.1 Å². The van der Waals surface area contributed by atoms with Crippen LogP contribution in [0.4, 0.5) is 0 Å². The molecule has 1 aliphatic heterocycles. The maximum atomic E-state index is 12.2. The lowest BCUT2D eigenvalue weighted by Crippen LogP contribution is -2.46. The Balaban J connectivity index is 2.34. The number of ether oxygens (including phenoxy) is 1. The van der Waals surface area contributed by atoms with Gasteiger partial charge in [-0.15, -0.1) is 12.3 Å². The van der Waals surface area contributed by atoms with Crippen LogP contribution in [-0.2, 0) is 9.53 Å². The van der Waals surface area contributed by atoms with Gasteiger partial charge in [0.25, 0.3) is 0 Å². The van der Waals surface area contributed by atoms with Crippen LogP contribution in [0.1, 0.15) is 40.0 Å². The van der Waals surface area contributed by atoms with Crippen LogP contribution in [0.15, 0.2) is 0 Å². The number of nitrogens with one attached hydrogen (secondary N) is 1. The Morgan fingerprint density at radius 3 is 2.90 bits per heavy atom. The summed E-state index contributed by atoms with van der Waals surface area (Å²) in [5.41, 5.74) is -0.171. The van der Waals surface area contributed by atoms with Gasteiger partial charge in [-0.25, -0.2) is 0 Å². The van der Waals surface area contributed by atoms with Crippen molar-refractivity contribution in [2.75, 3.05) is 26.7 Å². The first kappa shape index (κ1) is 17.0. The van der Waals surface area contributed by atoms with E-state index < -0.39 is 0 Å². The van der Waals surface area contributed by atoms with E-state index in [-0.39, 0.29) is 23.5 Å². The second kappa shape index (κ2) is 7.66. The lowest BCUT2D eigenvalue weighted by Gasteiger charge is -2.31. The fourth-order valence-corrected chi connectivity index (χ4v) is 2.61. The van der Waals surface area contributed by atoms with E-state index in [2.05, 4.69) is 32.0 Å². The minimum atomic E-state index is -0.171. The fraction of sp³-hybridized carbons (Fsp3) is 0.812. The highest BCUT2D eigenvalue weighted by Crippen LogP contribution is 2.16. The normalized spacial score (nSPS) is 21.4. The first-order chi connectivity index (χ1) is 9.38. The molecule has 114 valence electrons. The molecule has 1 amide bonds. The topological polar surface area (TPSA) is 41.6 Å². The van der Waals surface area contributed by atoms with Gasteiger partial charge in [-0.05, 0) is 40.0 Å². The lowest BCUT2D eigenvalue weighted by molar-refractivity contribution is -0.131. The molecule has 0 aromatic heterocycles. The minimum Gasteiger partial charge on any atom is -0.379 e. The van der Waals surface area contributed by atoms with Crippen LogP contribution in [0.2, 0.25) is 0 Å². The van der Waals surface area contributed by atoms with Crippen molar-refractivity contribution in [2.45, 2.75) is 51.7 Å². The van der Waals surface area contributed by atoms with Crippen molar-refractivity contribution >= 4 is 5.91 Å². The molecule has 2 atom stereocenters. The highest BCUT2D eigenvalue weighted by atomic mass is 16.5. The fourth-order valence-electron chi connectivity index (χ4n) is 2.61. The summed E-state index contributed by atoms with van der Waals surface area (Å²) >= 11 is 0. The molecule has 1 N–H and O–H groups in total. The smallest absolute Gasteiger partial charge is 0.236 e. The van der Waals surface area contributed by atoms with Gasteiger partial charge in [-0.1, -0.05) is 0 Å². The van der Waals surface area contributed by atoms with Crippen LogP contribution < -0.4 is 5.32 Å². The molecule has 1 rings (SSSR count). The number of terminal acetylenes is 1. The Hall–Kier alpha value is -1.05. The van der Waals surface area contributed by atoms with Gasteiger partial charge in [-0.3, -0.25) is 4.79 Å². The number of likely N-dealkylation sites (tertiary alicyclic amines) is 1. The molecule has 1 fully saturated rings. The van der Waals surface area contributed by atoms with Gasteiger partial charge in [-0.2, -0.15) is 0 Å². The quantitative estimate of drug-likeness (QED) is 0.752.